The molecule has 4 heteroatoms. The number of unbranched alkanes of at least 4 members (excludes halogenated alkanes) is 1. The Morgan fingerprint density at radius 1 is 1.64 bits per heavy atom. The minimum atomic E-state index is -0.217. The Hall–Kier alpha value is -1.32. The van der Waals surface area contributed by atoms with Gasteiger partial charge in [0, 0.05) is 11.9 Å². The van der Waals surface area contributed by atoms with Crippen molar-refractivity contribution in [3.05, 3.63) is 18.0 Å². The van der Waals surface area contributed by atoms with Crippen LogP contribution >= 0.6 is 0 Å². The molecule has 0 radical (unpaired) electrons. The van der Waals surface area contributed by atoms with Crippen LogP contribution in [-0.4, -0.2) is 22.4 Å². The van der Waals surface area contributed by atoms with Gasteiger partial charge in [0.1, 0.15) is 6.54 Å². The highest BCUT2D eigenvalue weighted by atomic mass is 16.5. The minimum absolute atomic E-state index is 0.211. The van der Waals surface area contributed by atoms with E-state index in [0.717, 1.165) is 18.5 Å². The molecule has 0 fully saturated rings. The van der Waals surface area contributed by atoms with Gasteiger partial charge in [-0.05, 0) is 19.4 Å². The summed E-state index contributed by atoms with van der Waals surface area (Å²) in [5.41, 5.74) is 0.970. The SMILES string of the molecule is CCCCOC(=O)Cn1nccc1C. The van der Waals surface area contributed by atoms with Crippen molar-refractivity contribution in [2.24, 2.45) is 0 Å². The van der Waals surface area contributed by atoms with Gasteiger partial charge in [0.15, 0.2) is 0 Å². The molecule has 4 nitrogen and oxygen atoms in total. The highest BCUT2D eigenvalue weighted by molar-refractivity contribution is 5.69. The number of nitrogens with zero attached hydrogens (tertiary/aromatic N) is 2. The highest BCUT2D eigenvalue weighted by Gasteiger charge is 2.05. The maximum Gasteiger partial charge on any atom is 0.327 e. The number of esters is 1. The number of hydrogen-bond acceptors (Lipinski definition) is 3. The van der Waals surface area contributed by atoms with Crippen LogP contribution in [0.15, 0.2) is 12.3 Å². The summed E-state index contributed by atoms with van der Waals surface area (Å²) in [6.45, 7) is 4.69. The van der Waals surface area contributed by atoms with Gasteiger partial charge in [-0.2, -0.15) is 5.10 Å². The zero-order valence-electron chi connectivity index (χ0n) is 8.69. The number of rotatable bonds is 5. The van der Waals surface area contributed by atoms with E-state index in [1.165, 1.54) is 0 Å². The first-order valence-corrected chi connectivity index (χ1v) is 4.88. The average molecular weight is 196 g/mol. The molecule has 0 bridgehead atoms. The zero-order chi connectivity index (χ0) is 10.4. The van der Waals surface area contributed by atoms with Crippen LogP contribution in [0.4, 0.5) is 0 Å². The smallest absolute Gasteiger partial charge is 0.327 e. The fraction of sp³-hybridized carbons (Fsp3) is 0.600. The van der Waals surface area contributed by atoms with E-state index in [2.05, 4.69) is 12.0 Å². The second kappa shape index (κ2) is 5.42. The van der Waals surface area contributed by atoms with E-state index in [1.54, 1.807) is 10.9 Å². The van der Waals surface area contributed by atoms with Crippen LogP contribution in [0.1, 0.15) is 25.5 Å². The summed E-state index contributed by atoms with van der Waals surface area (Å²) in [7, 11) is 0. The molecular weight excluding hydrogens is 180 g/mol. The lowest BCUT2D eigenvalue weighted by molar-refractivity contribution is -0.144. The van der Waals surface area contributed by atoms with E-state index in [1.807, 2.05) is 13.0 Å². The zero-order valence-corrected chi connectivity index (χ0v) is 8.69. The lowest BCUT2D eigenvalue weighted by Crippen LogP contribution is -2.15. The van der Waals surface area contributed by atoms with Gasteiger partial charge >= 0.3 is 5.97 Å². The van der Waals surface area contributed by atoms with Crippen molar-refractivity contribution >= 4 is 5.97 Å². The molecule has 0 unspecified atom stereocenters. The van der Waals surface area contributed by atoms with E-state index in [4.69, 9.17) is 4.74 Å². The normalized spacial score (nSPS) is 10.1. The molecule has 1 heterocycles. The molecule has 1 aromatic rings. The van der Waals surface area contributed by atoms with Gasteiger partial charge in [-0.1, -0.05) is 13.3 Å². The van der Waals surface area contributed by atoms with Crippen LogP contribution in [0.3, 0.4) is 0 Å². The molecule has 0 aliphatic carbocycles. The van der Waals surface area contributed by atoms with Gasteiger partial charge in [-0.3, -0.25) is 9.48 Å². The quantitative estimate of drug-likeness (QED) is 0.530. The summed E-state index contributed by atoms with van der Waals surface area (Å²) in [4.78, 5) is 11.3. The van der Waals surface area contributed by atoms with Crippen molar-refractivity contribution in [3.63, 3.8) is 0 Å². The summed E-state index contributed by atoms with van der Waals surface area (Å²) in [6.07, 6.45) is 3.63. The third-order valence-electron chi connectivity index (χ3n) is 1.97. The number of ether oxygens (including phenoxy) is 1. The molecule has 1 aromatic heterocycles. The molecule has 0 saturated heterocycles. The lowest BCUT2D eigenvalue weighted by atomic mass is 10.4. The molecule has 0 amide bonds. The molecular formula is C10H16N2O2. The summed E-state index contributed by atoms with van der Waals surface area (Å²) < 4.78 is 6.64. The van der Waals surface area contributed by atoms with Crippen LogP contribution in [0.2, 0.25) is 0 Å². The molecule has 0 aromatic carbocycles. The van der Waals surface area contributed by atoms with Crippen molar-refractivity contribution in [2.75, 3.05) is 6.61 Å². The fourth-order valence-corrected chi connectivity index (χ4v) is 1.06. The van der Waals surface area contributed by atoms with E-state index >= 15 is 0 Å². The van der Waals surface area contributed by atoms with Crippen molar-refractivity contribution < 1.29 is 9.53 Å². The predicted octanol–water partition coefficient (Wildman–Crippen LogP) is 1.53. The number of carbonyl (C=O) groups excluding carboxylic acids is 1. The third-order valence-corrected chi connectivity index (χ3v) is 1.97. The van der Waals surface area contributed by atoms with Crippen LogP contribution in [-0.2, 0) is 16.1 Å². The van der Waals surface area contributed by atoms with Gasteiger partial charge in [-0.25, -0.2) is 0 Å². The molecule has 0 spiro atoms. The van der Waals surface area contributed by atoms with Crippen molar-refractivity contribution in [3.8, 4) is 0 Å². The summed E-state index contributed by atoms with van der Waals surface area (Å²) in [6, 6.07) is 1.86. The van der Waals surface area contributed by atoms with Crippen molar-refractivity contribution in [1.29, 1.82) is 0 Å². The molecule has 1 rings (SSSR count). The van der Waals surface area contributed by atoms with E-state index in [9.17, 15) is 4.79 Å². The number of aryl methyl sites for hydroxylation is 1. The van der Waals surface area contributed by atoms with Crippen molar-refractivity contribution in [2.45, 2.75) is 33.2 Å². The van der Waals surface area contributed by atoms with Gasteiger partial charge in [-0.15, -0.1) is 0 Å². The van der Waals surface area contributed by atoms with Crippen LogP contribution in [0, 0.1) is 6.92 Å². The Labute approximate surface area is 83.9 Å². The first-order valence-electron chi connectivity index (χ1n) is 4.88. The monoisotopic (exact) mass is 196 g/mol. The first-order chi connectivity index (χ1) is 6.74. The topological polar surface area (TPSA) is 44.1 Å². The first kappa shape index (κ1) is 10.8. The molecule has 14 heavy (non-hydrogen) atoms. The van der Waals surface area contributed by atoms with E-state index in [0.29, 0.717) is 6.61 Å². The van der Waals surface area contributed by atoms with Gasteiger partial charge in [0.2, 0.25) is 0 Å². The largest absolute Gasteiger partial charge is 0.464 e. The standard InChI is InChI=1S/C10H16N2O2/c1-3-4-7-14-10(13)8-12-9(2)5-6-11-12/h5-6H,3-4,7-8H2,1-2H3. The summed E-state index contributed by atoms with van der Waals surface area (Å²) >= 11 is 0. The van der Waals surface area contributed by atoms with Gasteiger partial charge in [0.25, 0.3) is 0 Å². The number of aromatic nitrogens is 2. The molecule has 0 aliphatic heterocycles. The molecule has 0 atom stereocenters. The van der Waals surface area contributed by atoms with E-state index in [-0.39, 0.29) is 12.5 Å². The maximum absolute atomic E-state index is 11.3. The fourth-order valence-electron chi connectivity index (χ4n) is 1.06. The van der Waals surface area contributed by atoms with Crippen molar-refractivity contribution in [1.82, 2.24) is 9.78 Å². The number of hydrogen-bond donors (Lipinski definition) is 0. The minimum Gasteiger partial charge on any atom is -0.464 e. The molecule has 0 N–H and O–H groups in total. The molecule has 78 valence electrons. The summed E-state index contributed by atoms with van der Waals surface area (Å²) in [5.74, 6) is -0.217. The second-order valence-electron chi connectivity index (χ2n) is 3.20. The Morgan fingerprint density at radius 2 is 2.43 bits per heavy atom. The number of carbonyl (C=O) groups is 1. The lowest BCUT2D eigenvalue weighted by Gasteiger charge is -2.05. The maximum atomic E-state index is 11.3. The van der Waals surface area contributed by atoms with Crippen LogP contribution in [0.25, 0.3) is 0 Å². The Kier molecular flexibility index (Phi) is 4.16. The third kappa shape index (κ3) is 3.20. The molecule has 0 saturated carbocycles. The average Bonchev–Trinajstić information content (AvgIpc) is 2.52. The van der Waals surface area contributed by atoms with E-state index < -0.39 is 0 Å². The van der Waals surface area contributed by atoms with Crippen LogP contribution in [0.5, 0.6) is 0 Å². The highest BCUT2D eigenvalue weighted by Crippen LogP contribution is 1.97. The Morgan fingerprint density at radius 3 is 3.00 bits per heavy atom. The van der Waals surface area contributed by atoms with Gasteiger partial charge < -0.3 is 4.74 Å². The Balaban J connectivity index is 2.31. The predicted molar refractivity (Wildman–Crippen MR) is 52.8 cm³/mol. The van der Waals surface area contributed by atoms with Crippen LogP contribution < -0.4 is 0 Å². The van der Waals surface area contributed by atoms with Gasteiger partial charge in [0.05, 0.1) is 6.61 Å². The summed E-state index contributed by atoms with van der Waals surface area (Å²) in [5, 5.41) is 4.00. The Bertz CT molecular complexity index is 294. The second-order valence-corrected chi connectivity index (χ2v) is 3.20. The molecule has 0 aliphatic rings.